The van der Waals surface area contributed by atoms with Crippen LogP contribution in [0.4, 0.5) is 5.69 Å². The van der Waals surface area contributed by atoms with Crippen molar-refractivity contribution in [3.05, 3.63) is 29.8 Å². The summed E-state index contributed by atoms with van der Waals surface area (Å²) in [6, 6.07) is 8.34. The minimum absolute atomic E-state index is 0.450. The second-order valence-electron chi connectivity index (χ2n) is 4.68. The molecule has 2 nitrogen and oxygen atoms in total. The average Bonchev–Trinajstić information content (AvgIpc) is 2.47. The smallest absolute Gasteiger partial charge is 0.0598 e. The first-order chi connectivity index (χ1) is 6.56. The molecule has 1 aliphatic rings. The molecule has 0 bridgehead atoms. The zero-order valence-corrected chi connectivity index (χ0v) is 8.75. The van der Waals surface area contributed by atoms with Gasteiger partial charge in [-0.05, 0) is 31.9 Å². The molecule has 0 radical (unpaired) electrons. The van der Waals surface area contributed by atoms with E-state index in [9.17, 15) is 5.11 Å². The lowest BCUT2D eigenvalue weighted by atomic mass is 9.89. The minimum Gasteiger partial charge on any atom is -0.390 e. The molecule has 76 valence electrons. The average molecular weight is 191 g/mol. The first kappa shape index (κ1) is 9.53. The van der Waals surface area contributed by atoms with Crippen molar-refractivity contribution in [1.29, 1.82) is 0 Å². The molecular formula is C12H17NO. The van der Waals surface area contributed by atoms with Gasteiger partial charge in [0.2, 0.25) is 0 Å². The van der Waals surface area contributed by atoms with Crippen molar-refractivity contribution < 1.29 is 5.11 Å². The van der Waals surface area contributed by atoms with Crippen molar-refractivity contribution in [2.45, 2.75) is 31.8 Å². The van der Waals surface area contributed by atoms with Crippen molar-refractivity contribution in [2.75, 3.05) is 11.9 Å². The summed E-state index contributed by atoms with van der Waals surface area (Å²) in [6.07, 6.45) is 0.816. The van der Waals surface area contributed by atoms with Crippen LogP contribution in [0.25, 0.3) is 0 Å². The summed E-state index contributed by atoms with van der Waals surface area (Å²) in [5, 5.41) is 13.1. The number of para-hydroxylation sites is 1. The maximum atomic E-state index is 9.78. The van der Waals surface area contributed by atoms with E-state index in [4.69, 9.17) is 0 Å². The Morgan fingerprint density at radius 2 is 2.14 bits per heavy atom. The number of fused-ring (bicyclic) bond motifs is 1. The van der Waals surface area contributed by atoms with E-state index < -0.39 is 5.60 Å². The molecule has 1 aromatic carbocycles. The summed E-state index contributed by atoms with van der Waals surface area (Å²) >= 11 is 0. The Hall–Kier alpha value is -1.02. The molecule has 2 heteroatoms. The van der Waals surface area contributed by atoms with Gasteiger partial charge in [0.25, 0.3) is 0 Å². The fourth-order valence-corrected chi connectivity index (χ4v) is 2.14. The molecule has 0 aromatic heterocycles. The number of benzene rings is 1. The third-order valence-electron chi connectivity index (χ3n) is 2.69. The van der Waals surface area contributed by atoms with Crippen LogP contribution in [0, 0.1) is 0 Å². The lowest BCUT2D eigenvalue weighted by Crippen LogP contribution is -2.23. The highest BCUT2D eigenvalue weighted by atomic mass is 16.3. The zero-order chi connectivity index (χ0) is 10.2. The highest BCUT2D eigenvalue weighted by Crippen LogP contribution is 2.35. The number of hydrogen-bond donors (Lipinski definition) is 2. The van der Waals surface area contributed by atoms with Crippen LogP contribution in [0.15, 0.2) is 24.3 Å². The second kappa shape index (κ2) is 3.28. The molecule has 2 rings (SSSR count). The molecule has 1 heterocycles. The Balaban J connectivity index is 2.18. The molecule has 14 heavy (non-hydrogen) atoms. The number of aliphatic hydroxyl groups is 1. The van der Waals surface area contributed by atoms with Crippen LogP contribution >= 0.6 is 0 Å². The van der Waals surface area contributed by atoms with Gasteiger partial charge in [-0.2, -0.15) is 0 Å². The molecule has 1 aliphatic heterocycles. The largest absolute Gasteiger partial charge is 0.390 e. The van der Waals surface area contributed by atoms with E-state index in [1.54, 1.807) is 0 Å². The fraction of sp³-hybridized carbons (Fsp3) is 0.500. The topological polar surface area (TPSA) is 32.3 Å². The number of nitrogens with one attached hydrogen (secondary N) is 1. The number of hydrogen-bond acceptors (Lipinski definition) is 2. The first-order valence-corrected chi connectivity index (χ1v) is 5.11. The van der Waals surface area contributed by atoms with Gasteiger partial charge in [0, 0.05) is 18.2 Å². The summed E-state index contributed by atoms with van der Waals surface area (Å²) in [5.74, 6) is 0.450. The summed E-state index contributed by atoms with van der Waals surface area (Å²) in [6.45, 7) is 4.69. The van der Waals surface area contributed by atoms with Crippen molar-refractivity contribution in [2.24, 2.45) is 0 Å². The van der Waals surface area contributed by atoms with Crippen LogP contribution in [0.1, 0.15) is 31.7 Å². The van der Waals surface area contributed by atoms with Crippen LogP contribution in [-0.4, -0.2) is 17.3 Å². The molecule has 0 amide bonds. The number of rotatable bonds is 2. The van der Waals surface area contributed by atoms with Crippen LogP contribution in [0.5, 0.6) is 0 Å². The molecule has 0 saturated heterocycles. The predicted octanol–water partition coefficient (Wildman–Crippen LogP) is 2.36. The summed E-state index contributed by atoms with van der Waals surface area (Å²) < 4.78 is 0. The van der Waals surface area contributed by atoms with Gasteiger partial charge in [0.05, 0.1) is 5.60 Å². The van der Waals surface area contributed by atoms with E-state index in [2.05, 4.69) is 23.5 Å². The van der Waals surface area contributed by atoms with Gasteiger partial charge in [0.15, 0.2) is 0 Å². The molecular weight excluding hydrogens is 174 g/mol. The van der Waals surface area contributed by atoms with E-state index in [-0.39, 0.29) is 0 Å². The SMILES string of the molecule is CC(C)(O)CC1CNc2ccccc21. The van der Waals surface area contributed by atoms with Gasteiger partial charge in [-0.15, -0.1) is 0 Å². The fourth-order valence-electron chi connectivity index (χ4n) is 2.14. The monoisotopic (exact) mass is 191 g/mol. The van der Waals surface area contributed by atoms with E-state index in [0.717, 1.165) is 13.0 Å². The third-order valence-corrected chi connectivity index (χ3v) is 2.69. The van der Waals surface area contributed by atoms with Crippen molar-refractivity contribution in [3.8, 4) is 0 Å². The Morgan fingerprint density at radius 3 is 2.86 bits per heavy atom. The molecule has 1 aromatic rings. The molecule has 2 N–H and O–H groups in total. The Morgan fingerprint density at radius 1 is 1.43 bits per heavy atom. The highest BCUT2D eigenvalue weighted by molar-refractivity contribution is 5.57. The van der Waals surface area contributed by atoms with E-state index in [0.29, 0.717) is 5.92 Å². The Bertz CT molecular complexity index is 327. The van der Waals surface area contributed by atoms with Gasteiger partial charge in [-0.1, -0.05) is 18.2 Å². The highest BCUT2D eigenvalue weighted by Gasteiger charge is 2.27. The summed E-state index contributed by atoms with van der Waals surface area (Å²) in [4.78, 5) is 0. The van der Waals surface area contributed by atoms with Crippen LogP contribution in [-0.2, 0) is 0 Å². The molecule has 1 atom stereocenters. The second-order valence-corrected chi connectivity index (χ2v) is 4.68. The normalized spacial score (nSPS) is 20.4. The zero-order valence-electron chi connectivity index (χ0n) is 8.75. The van der Waals surface area contributed by atoms with Crippen LogP contribution < -0.4 is 5.32 Å². The Kier molecular flexibility index (Phi) is 2.23. The van der Waals surface area contributed by atoms with Gasteiger partial charge < -0.3 is 10.4 Å². The van der Waals surface area contributed by atoms with Gasteiger partial charge in [0.1, 0.15) is 0 Å². The van der Waals surface area contributed by atoms with E-state index >= 15 is 0 Å². The lowest BCUT2D eigenvalue weighted by Gasteiger charge is -2.21. The minimum atomic E-state index is -0.580. The molecule has 0 aliphatic carbocycles. The number of anilines is 1. The van der Waals surface area contributed by atoms with Crippen molar-refractivity contribution >= 4 is 5.69 Å². The molecule has 0 fully saturated rings. The predicted molar refractivity (Wildman–Crippen MR) is 58.6 cm³/mol. The third kappa shape index (κ3) is 1.90. The van der Waals surface area contributed by atoms with Gasteiger partial charge in [-0.25, -0.2) is 0 Å². The summed E-state index contributed by atoms with van der Waals surface area (Å²) in [5.41, 5.74) is 1.99. The maximum absolute atomic E-state index is 9.78. The van der Waals surface area contributed by atoms with E-state index in [1.165, 1.54) is 11.3 Å². The quantitative estimate of drug-likeness (QED) is 0.752. The molecule has 0 saturated carbocycles. The van der Waals surface area contributed by atoms with Crippen LogP contribution in [0.3, 0.4) is 0 Å². The maximum Gasteiger partial charge on any atom is 0.0598 e. The van der Waals surface area contributed by atoms with Gasteiger partial charge in [-0.3, -0.25) is 0 Å². The first-order valence-electron chi connectivity index (χ1n) is 5.11. The lowest BCUT2D eigenvalue weighted by molar-refractivity contribution is 0.0648. The van der Waals surface area contributed by atoms with Crippen molar-refractivity contribution in [3.63, 3.8) is 0 Å². The van der Waals surface area contributed by atoms with E-state index in [1.807, 2.05) is 19.9 Å². The molecule has 0 spiro atoms. The standard InChI is InChI=1S/C12H17NO/c1-12(2,14)7-9-8-13-11-6-4-3-5-10(9)11/h3-6,9,13-14H,7-8H2,1-2H3. The van der Waals surface area contributed by atoms with Gasteiger partial charge >= 0.3 is 0 Å². The summed E-state index contributed by atoms with van der Waals surface area (Å²) in [7, 11) is 0. The molecule has 1 unspecified atom stereocenters. The Labute approximate surface area is 85.0 Å². The van der Waals surface area contributed by atoms with Crippen LogP contribution in [0.2, 0.25) is 0 Å². The van der Waals surface area contributed by atoms with Crippen molar-refractivity contribution in [1.82, 2.24) is 0 Å².